The Balaban J connectivity index is 0.000000641. The van der Waals surface area contributed by atoms with Crippen molar-refractivity contribution in [2.24, 2.45) is 11.8 Å². The van der Waals surface area contributed by atoms with Crippen LogP contribution in [0, 0.1) is 18.8 Å². The van der Waals surface area contributed by atoms with Gasteiger partial charge in [0.25, 0.3) is 0 Å². The Morgan fingerprint density at radius 1 is 0.950 bits per heavy atom. The van der Waals surface area contributed by atoms with E-state index in [2.05, 4.69) is 58.9 Å². The van der Waals surface area contributed by atoms with E-state index in [0.717, 1.165) is 17.8 Å². The van der Waals surface area contributed by atoms with Crippen molar-refractivity contribution in [3.05, 3.63) is 35.4 Å². The molecule has 116 valence electrons. The zero-order chi connectivity index (χ0) is 15.5. The highest BCUT2D eigenvalue weighted by molar-refractivity contribution is 5.26. The zero-order valence-electron chi connectivity index (χ0n) is 14.9. The number of aryl methyl sites for hydroxylation is 1. The summed E-state index contributed by atoms with van der Waals surface area (Å²) in [4.78, 5) is 0. The Morgan fingerprint density at radius 2 is 1.45 bits per heavy atom. The van der Waals surface area contributed by atoms with E-state index in [1.807, 2.05) is 13.8 Å². The Labute approximate surface area is 128 Å². The van der Waals surface area contributed by atoms with Gasteiger partial charge in [0.05, 0.1) is 0 Å². The maximum absolute atomic E-state index is 2.40. The summed E-state index contributed by atoms with van der Waals surface area (Å²) in [7, 11) is 0. The molecule has 0 saturated heterocycles. The van der Waals surface area contributed by atoms with Crippen LogP contribution in [0.1, 0.15) is 84.3 Å². The topological polar surface area (TPSA) is 0 Å². The molecule has 1 saturated carbocycles. The van der Waals surface area contributed by atoms with Crippen LogP contribution in [0.25, 0.3) is 0 Å². The number of hydrogen-bond donors (Lipinski definition) is 0. The molecular formula is C20H36. The smallest absolute Gasteiger partial charge is 0.0131 e. The predicted molar refractivity (Wildman–Crippen MR) is 93.4 cm³/mol. The summed E-state index contributed by atoms with van der Waals surface area (Å²) in [5.41, 5.74) is 2.94. The van der Waals surface area contributed by atoms with Crippen LogP contribution in [0.5, 0.6) is 0 Å². The number of hydrogen-bond acceptors (Lipinski definition) is 0. The highest BCUT2D eigenvalue weighted by Gasteiger charge is 2.31. The van der Waals surface area contributed by atoms with Crippen molar-refractivity contribution >= 4 is 0 Å². The summed E-state index contributed by atoms with van der Waals surface area (Å²) in [5, 5.41) is 0. The Bertz CT molecular complexity index is 322. The normalized spacial score (nSPS) is 24.2. The van der Waals surface area contributed by atoms with Crippen LogP contribution < -0.4 is 0 Å². The van der Waals surface area contributed by atoms with E-state index < -0.39 is 0 Å². The lowest BCUT2D eigenvalue weighted by Crippen LogP contribution is -2.04. The van der Waals surface area contributed by atoms with Crippen LogP contribution in [-0.4, -0.2) is 0 Å². The van der Waals surface area contributed by atoms with Crippen molar-refractivity contribution in [2.45, 2.75) is 80.1 Å². The van der Waals surface area contributed by atoms with Crippen molar-refractivity contribution in [2.75, 3.05) is 0 Å². The Kier molecular flexibility index (Phi) is 10.5. The lowest BCUT2D eigenvalue weighted by atomic mass is 9.87. The third-order valence-electron chi connectivity index (χ3n) is 3.96. The molecule has 20 heavy (non-hydrogen) atoms. The largest absolute Gasteiger partial charge is 0.0683 e. The molecule has 1 aliphatic rings. The molecule has 0 bridgehead atoms. The zero-order valence-corrected chi connectivity index (χ0v) is 14.9. The fourth-order valence-electron chi connectivity index (χ4n) is 3.08. The van der Waals surface area contributed by atoms with E-state index in [4.69, 9.17) is 0 Å². The van der Waals surface area contributed by atoms with Crippen LogP contribution in [0.4, 0.5) is 0 Å². The fourth-order valence-corrected chi connectivity index (χ4v) is 3.08. The van der Waals surface area contributed by atoms with Crippen molar-refractivity contribution in [3.8, 4) is 0 Å². The molecule has 0 heteroatoms. The van der Waals surface area contributed by atoms with E-state index in [-0.39, 0.29) is 0 Å². The van der Waals surface area contributed by atoms with Crippen LogP contribution in [-0.2, 0) is 0 Å². The monoisotopic (exact) mass is 276 g/mol. The van der Waals surface area contributed by atoms with Crippen molar-refractivity contribution < 1.29 is 0 Å². The first kappa shape index (κ1) is 19.2. The molecule has 3 atom stereocenters. The van der Waals surface area contributed by atoms with Gasteiger partial charge in [-0.1, -0.05) is 84.2 Å². The van der Waals surface area contributed by atoms with Crippen molar-refractivity contribution in [3.63, 3.8) is 0 Å². The molecule has 1 aromatic carbocycles. The van der Waals surface area contributed by atoms with Crippen LogP contribution in [0.3, 0.4) is 0 Å². The summed E-state index contributed by atoms with van der Waals surface area (Å²) in [5.74, 6) is 2.66. The van der Waals surface area contributed by atoms with Gasteiger partial charge >= 0.3 is 0 Å². The lowest BCUT2D eigenvalue weighted by Gasteiger charge is -2.18. The molecule has 0 N–H and O–H groups in total. The maximum atomic E-state index is 2.40. The first-order chi connectivity index (χ1) is 9.62. The van der Waals surface area contributed by atoms with Crippen LogP contribution in [0.2, 0.25) is 0 Å². The third kappa shape index (κ3) is 6.11. The van der Waals surface area contributed by atoms with E-state index >= 15 is 0 Å². The Morgan fingerprint density at radius 3 is 1.90 bits per heavy atom. The molecule has 1 fully saturated rings. The molecule has 0 amide bonds. The highest BCUT2D eigenvalue weighted by atomic mass is 14.4. The van der Waals surface area contributed by atoms with E-state index in [1.54, 1.807) is 5.56 Å². The first-order valence-electron chi connectivity index (χ1n) is 8.68. The molecule has 2 rings (SSSR count). The molecule has 1 aliphatic carbocycles. The molecule has 0 radical (unpaired) electrons. The van der Waals surface area contributed by atoms with Crippen molar-refractivity contribution in [1.82, 2.24) is 0 Å². The minimum atomic E-state index is 0.825. The molecule has 0 aromatic heterocycles. The first-order valence-corrected chi connectivity index (χ1v) is 8.68. The Hall–Kier alpha value is -0.780. The summed E-state index contributed by atoms with van der Waals surface area (Å²) < 4.78 is 0. The number of rotatable bonds is 2. The predicted octanol–water partition coefficient (Wildman–Crippen LogP) is 6.98. The summed E-state index contributed by atoms with van der Waals surface area (Å²) >= 11 is 0. The van der Waals surface area contributed by atoms with Gasteiger partial charge in [0.1, 0.15) is 0 Å². The van der Waals surface area contributed by atoms with Gasteiger partial charge in [-0.25, -0.2) is 0 Å². The van der Waals surface area contributed by atoms with Gasteiger partial charge in [0.15, 0.2) is 0 Å². The summed E-state index contributed by atoms with van der Waals surface area (Å²) in [6, 6.07) is 9.18. The second-order valence-electron chi connectivity index (χ2n) is 5.97. The van der Waals surface area contributed by atoms with Crippen molar-refractivity contribution in [1.29, 1.82) is 0 Å². The van der Waals surface area contributed by atoms with E-state index in [0.29, 0.717) is 0 Å². The van der Waals surface area contributed by atoms with Gasteiger partial charge in [-0.05, 0) is 43.1 Å². The van der Waals surface area contributed by atoms with Gasteiger partial charge in [0, 0.05) is 0 Å². The lowest BCUT2D eigenvalue weighted by molar-refractivity contribution is 0.463. The molecule has 0 nitrogen and oxygen atoms in total. The average Bonchev–Trinajstić information content (AvgIpc) is 2.84. The van der Waals surface area contributed by atoms with Crippen LogP contribution in [0.15, 0.2) is 24.3 Å². The van der Waals surface area contributed by atoms with E-state index in [9.17, 15) is 0 Å². The molecule has 0 aliphatic heterocycles. The molecular weight excluding hydrogens is 240 g/mol. The quantitative estimate of drug-likeness (QED) is 0.546. The SMILES string of the molecule is CC.CCC.CC[C@@H]1C[C@H](C)CC1c1ccc(C)cc1. The highest BCUT2D eigenvalue weighted by Crippen LogP contribution is 2.44. The average molecular weight is 277 g/mol. The second kappa shape index (κ2) is 10.9. The minimum absolute atomic E-state index is 0.825. The van der Waals surface area contributed by atoms with Gasteiger partial charge < -0.3 is 0 Å². The maximum Gasteiger partial charge on any atom is -0.0131 e. The molecule has 1 aromatic rings. The van der Waals surface area contributed by atoms with Crippen LogP contribution >= 0.6 is 0 Å². The van der Waals surface area contributed by atoms with Gasteiger partial charge in [-0.2, -0.15) is 0 Å². The summed E-state index contributed by atoms with van der Waals surface area (Å²) in [6.45, 7) is 15.2. The standard InChI is InChI=1S/C15H22.C3H8.C2H6/c1-4-13-9-12(3)10-15(13)14-7-5-11(2)6-8-14;1-3-2;1-2/h5-8,12-13,15H,4,9-10H2,1-3H3;3H2,1-2H3;1-2H3/t12-,13+,15?;;/m0../s1. The summed E-state index contributed by atoms with van der Waals surface area (Å²) in [6.07, 6.45) is 5.40. The molecule has 0 spiro atoms. The fraction of sp³-hybridized carbons (Fsp3) is 0.700. The van der Waals surface area contributed by atoms with Gasteiger partial charge in [-0.15, -0.1) is 0 Å². The van der Waals surface area contributed by atoms with E-state index in [1.165, 1.54) is 31.2 Å². The minimum Gasteiger partial charge on any atom is -0.0683 e. The molecule has 1 unspecified atom stereocenters. The van der Waals surface area contributed by atoms with Gasteiger partial charge in [0.2, 0.25) is 0 Å². The third-order valence-corrected chi connectivity index (χ3v) is 3.96. The molecule has 0 heterocycles. The number of benzene rings is 1. The van der Waals surface area contributed by atoms with Gasteiger partial charge in [-0.3, -0.25) is 0 Å². The second-order valence-corrected chi connectivity index (χ2v) is 5.97.